The third-order valence-electron chi connectivity index (χ3n) is 5.09. The van der Waals surface area contributed by atoms with Crippen LogP contribution in [-0.2, 0) is 17.8 Å². The second kappa shape index (κ2) is 13.8. The van der Waals surface area contributed by atoms with E-state index in [-0.39, 0.29) is 35.9 Å². The predicted octanol–water partition coefficient (Wildman–Crippen LogP) is 1.34. The van der Waals surface area contributed by atoms with Crippen molar-refractivity contribution in [2.45, 2.75) is 66.1 Å². The molecule has 1 unspecified atom stereocenters. The second-order valence-corrected chi connectivity index (χ2v) is 7.94. The van der Waals surface area contributed by atoms with Gasteiger partial charge in [0.05, 0.1) is 13.1 Å². The Bertz CT molecular complexity index is 655. The predicted molar refractivity (Wildman–Crippen MR) is 131 cm³/mol. The molecule has 0 spiro atoms. The normalized spacial score (nSPS) is 16.3. The summed E-state index contributed by atoms with van der Waals surface area (Å²) < 4.78 is 2.07. The monoisotopic (exact) mass is 534 g/mol. The summed E-state index contributed by atoms with van der Waals surface area (Å²) in [6.07, 6.45) is 3.69. The fourth-order valence-corrected chi connectivity index (χ4v) is 3.25. The smallest absolute Gasteiger partial charge is 0.234 e. The van der Waals surface area contributed by atoms with Gasteiger partial charge in [-0.2, -0.15) is 0 Å². The van der Waals surface area contributed by atoms with Crippen molar-refractivity contribution < 1.29 is 4.79 Å². The Morgan fingerprint density at radius 2 is 1.87 bits per heavy atom. The lowest BCUT2D eigenvalue weighted by Crippen LogP contribution is -2.55. The molecule has 0 bridgehead atoms. The molecule has 1 atom stereocenters. The van der Waals surface area contributed by atoms with Crippen LogP contribution < -0.4 is 10.6 Å². The molecule has 9 nitrogen and oxygen atoms in total. The number of aromatic nitrogens is 3. The fourth-order valence-electron chi connectivity index (χ4n) is 3.25. The lowest BCUT2D eigenvalue weighted by Gasteiger charge is -2.37. The minimum Gasteiger partial charge on any atom is -0.354 e. The average Bonchev–Trinajstić information content (AvgIpc) is 3.14. The van der Waals surface area contributed by atoms with Crippen LogP contribution in [0.1, 0.15) is 46.9 Å². The van der Waals surface area contributed by atoms with Gasteiger partial charge in [-0.1, -0.05) is 13.8 Å². The SMILES string of the molecule is CCc1nncn1CCN=C(NC(C)CC)N1CCN(CC(=O)NC(C)C)CC1.I. The Kier molecular flexibility index (Phi) is 12.2. The molecule has 1 fully saturated rings. The number of amides is 1. The number of nitrogens with zero attached hydrogens (tertiary/aromatic N) is 6. The van der Waals surface area contributed by atoms with E-state index in [1.165, 1.54) is 0 Å². The van der Waals surface area contributed by atoms with E-state index in [4.69, 9.17) is 4.99 Å². The zero-order chi connectivity index (χ0) is 21.2. The summed E-state index contributed by atoms with van der Waals surface area (Å²) in [6, 6.07) is 0.547. The average molecular weight is 534 g/mol. The number of hydrogen-bond acceptors (Lipinski definition) is 5. The summed E-state index contributed by atoms with van der Waals surface area (Å²) in [4.78, 5) is 21.4. The number of aryl methyl sites for hydroxylation is 1. The van der Waals surface area contributed by atoms with E-state index in [2.05, 4.69) is 56.0 Å². The van der Waals surface area contributed by atoms with Crippen molar-refractivity contribution in [1.29, 1.82) is 0 Å². The lowest BCUT2D eigenvalue weighted by molar-refractivity contribution is -0.123. The zero-order valence-electron chi connectivity index (χ0n) is 19.1. The number of guanidine groups is 1. The largest absolute Gasteiger partial charge is 0.354 e. The van der Waals surface area contributed by atoms with Gasteiger partial charge < -0.3 is 20.1 Å². The number of aliphatic imine (C=N–C) groups is 1. The number of halogens is 1. The Balaban J connectivity index is 0.00000450. The zero-order valence-corrected chi connectivity index (χ0v) is 21.4. The highest BCUT2D eigenvalue weighted by Crippen LogP contribution is 2.04. The minimum atomic E-state index is 0. The van der Waals surface area contributed by atoms with Crippen LogP contribution in [0, 0.1) is 0 Å². The van der Waals surface area contributed by atoms with Gasteiger partial charge in [0.25, 0.3) is 0 Å². The van der Waals surface area contributed by atoms with Crippen molar-refractivity contribution in [2.75, 3.05) is 39.3 Å². The fraction of sp³-hybridized carbons (Fsp3) is 0.800. The van der Waals surface area contributed by atoms with Crippen LogP contribution in [0.3, 0.4) is 0 Å². The van der Waals surface area contributed by atoms with Gasteiger partial charge in [-0.15, -0.1) is 34.2 Å². The van der Waals surface area contributed by atoms with E-state index in [9.17, 15) is 4.79 Å². The van der Waals surface area contributed by atoms with Crippen molar-refractivity contribution in [3.8, 4) is 0 Å². The highest BCUT2D eigenvalue weighted by atomic mass is 127. The van der Waals surface area contributed by atoms with Crippen molar-refractivity contribution in [1.82, 2.24) is 35.2 Å². The van der Waals surface area contributed by atoms with E-state index < -0.39 is 0 Å². The first-order valence-corrected chi connectivity index (χ1v) is 10.9. The summed E-state index contributed by atoms with van der Waals surface area (Å²) in [5.41, 5.74) is 0. The molecule has 1 saturated heterocycles. The first kappa shape index (κ1) is 26.6. The maximum atomic E-state index is 12.0. The van der Waals surface area contributed by atoms with Gasteiger partial charge in [0, 0.05) is 51.2 Å². The molecule has 1 aromatic rings. The van der Waals surface area contributed by atoms with Crippen LogP contribution in [-0.4, -0.2) is 87.8 Å². The first-order chi connectivity index (χ1) is 13.9. The van der Waals surface area contributed by atoms with E-state index >= 15 is 0 Å². The molecule has 10 heteroatoms. The van der Waals surface area contributed by atoms with E-state index in [1.54, 1.807) is 6.33 Å². The molecule has 1 aromatic heterocycles. The summed E-state index contributed by atoms with van der Waals surface area (Å²) in [6.45, 7) is 15.8. The third kappa shape index (κ3) is 8.75. The molecule has 172 valence electrons. The van der Waals surface area contributed by atoms with E-state index in [0.29, 0.717) is 19.1 Å². The molecule has 2 N–H and O–H groups in total. The summed E-state index contributed by atoms with van der Waals surface area (Å²) in [7, 11) is 0. The molecule has 0 aliphatic carbocycles. The van der Waals surface area contributed by atoms with Gasteiger partial charge in [-0.25, -0.2) is 0 Å². The Labute approximate surface area is 198 Å². The molecular formula is C20H39IN8O. The van der Waals surface area contributed by atoms with Crippen LogP contribution in [0.5, 0.6) is 0 Å². The highest BCUT2D eigenvalue weighted by molar-refractivity contribution is 14.0. The Hall–Kier alpha value is -1.43. The second-order valence-electron chi connectivity index (χ2n) is 7.94. The minimum absolute atomic E-state index is 0. The van der Waals surface area contributed by atoms with E-state index in [1.807, 2.05) is 13.8 Å². The summed E-state index contributed by atoms with van der Waals surface area (Å²) in [5, 5.41) is 14.7. The molecule has 0 saturated carbocycles. The maximum absolute atomic E-state index is 12.0. The highest BCUT2D eigenvalue weighted by Gasteiger charge is 2.22. The molecular weight excluding hydrogens is 495 g/mol. The molecule has 2 heterocycles. The Morgan fingerprint density at radius 3 is 2.47 bits per heavy atom. The molecule has 2 rings (SSSR count). The summed E-state index contributed by atoms with van der Waals surface area (Å²) in [5.74, 6) is 2.04. The van der Waals surface area contributed by atoms with Crippen LogP contribution in [0.15, 0.2) is 11.3 Å². The Morgan fingerprint density at radius 1 is 1.17 bits per heavy atom. The van der Waals surface area contributed by atoms with Gasteiger partial charge in [0.2, 0.25) is 5.91 Å². The van der Waals surface area contributed by atoms with Crippen molar-refractivity contribution in [3.63, 3.8) is 0 Å². The molecule has 0 aromatic carbocycles. The third-order valence-corrected chi connectivity index (χ3v) is 5.09. The van der Waals surface area contributed by atoms with Gasteiger partial charge in [0.1, 0.15) is 12.2 Å². The number of hydrogen-bond donors (Lipinski definition) is 2. The number of carbonyl (C=O) groups is 1. The number of carbonyl (C=O) groups excluding carboxylic acids is 1. The van der Waals surface area contributed by atoms with Crippen molar-refractivity contribution >= 4 is 35.8 Å². The van der Waals surface area contributed by atoms with Crippen molar-refractivity contribution in [3.05, 3.63) is 12.2 Å². The van der Waals surface area contributed by atoms with Gasteiger partial charge in [0.15, 0.2) is 5.96 Å². The molecule has 0 radical (unpaired) electrons. The topological polar surface area (TPSA) is 90.7 Å². The summed E-state index contributed by atoms with van der Waals surface area (Å²) >= 11 is 0. The van der Waals surface area contributed by atoms with Crippen LogP contribution in [0.4, 0.5) is 0 Å². The van der Waals surface area contributed by atoms with E-state index in [0.717, 1.165) is 57.3 Å². The van der Waals surface area contributed by atoms with Gasteiger partial charge >= 0.3 is 0 Å². The molecule has 1 aliphatic rings. The van der Waals surface area contributed by atoms with Crippen LogP contribution in [0.25, 0.3) is 0 Å². The van der Waals surface area contributed by atoms with Gasteiger partial charge in [-0.05, 0) is 27.2 Å². The maximum Gasteiger partial charge on any atom is 0.234 e. The quantitative estimate of drug-likeness (QED) is 0.283. The molecule has 1 amide bonds. The van der Waals surface area contributed by atoms with Crippen LogP contribution >= 0.6 is 24.0 Å². The number of nitrogens with one attached hydrogen (secondary N) is 2. The first-order valence-electron chi connectivity index (χ1n) is 10.9. The van der Waals surface area contributed by atoms with Gasteiger partial charge in [-0.3, -0.25) is 14.7 Å². The molecule has 30 heavy (non-hydrogen) atoms. The van der Waals surface area contributed by atoms with Crippen molar-refractivity contribution in [2.24, 2.45) is 4.99 Å². The lowest BCUT2D eigenvalue weighted by atomic mass is 10.2. The van der Waals surface area contributed by atoms with Crippen LogP contribution in [0.2, 0.25) is 0 Å². The standard InChI is InChI=1S/C20H38N8O.HI/c1-6-17(5)24-20(21-8-9-28-15-22-25-18(28)7-2)27-12-10-26(11-13-27)14-19(29)23-16(3)4;/h15-17H,6-14H2,1-5H3,(H,21,24)(H,23,29);1H. The number of rotatable bonds is 9. The molecule has 1 aliphatic heterocycles. The number of piperazine rings is 1.